The first kappa shape index (κ1) is 22.2. The monoisotopic (exact) mass is 389 g/mol. The molecule has 0 spiro atoms. The van der Waals surface area contributed by atoms with Crippen molar-refractivity contribution in [2.75, 3.05) is 19.6 Å². The molecular formula is C22H35N3O3. The SMILES string of the molecule is CC(C)[C@H](N)C(=O)N1CCC[C@@H](CN(C(=O)OCc2ccccc2)C(C)C)C1. The molecule has 0 radical (unpaired) electrons. The molecule has 0 aromatic heterocycles. The molecule has 156 valence electrons. The molecule has 6 nitrogen and oxygen atoms in total. The number of hydrogen-bond donors (Lipinski definition) is 1. The number of benzene rings is 1. The lowest BCUT2D eigenvalue weighted by Gasteiger charge is -2.38. The van der Waals surface area contributed by atoms with Crippen LogP contribution in [0.3, 0.4) is 0 Å². The highest BCUT2D eigenvalue weighted by molar-refractivity contribution is 5.82. The van der Waals surface area contributed by atoms with Crippen molar-refractivity contribution in [3.8, 4) is 0 Å². The van der Waals surface area contributed by atoms with E-state index in [1.165, 1.54) is 0 Å². The summed E-state index contributed by atoms with van der Waals surface area (Å²) < 4.78 is 5.52. The third-order valence-corrected chi connectivity index (χ3v) is 5.35. The van der Waals surface area contributed by atoms with Crippen LogP contribution in [0.1, 0.15) is 46.1 Å². The molecule has 0 bridgehead atoms. The predicted molar refractivity (Wildman–Crippen MR) is 111 cm³/mol. The molecule has 2 atom stereocenters. The highest BCUT2D eigenvalue weighted by Gasteiger charge is 2.31. The summed E-state index contributed by atoms with van der Waals surface area (Å²) in [5, 5.41) is 0. The molecule has 2 amide bonds. The molecule has 0 aliphatic carbocycles. The molecule has 6 heteroatoms. The maximum atomic E-state index is 12.6. The Bertz CT molecular complexity index is 633. The van der Waals surface area contributed by atoms with Crippen LogP contribution >= 0.6 is 0 Å². The first-order valence-electron chi connectivity index (χ1n) is 10.3. The van der Waals surface area contributed by atoms with Gasteiger partial charge in [-0.05, 0) is 44.1 Å². The second-order valence-electron chi connectivity index (χ2n) is 8.35. The van der Waals surface area contributed by atoms with Gasteiger partial charge in [-0.25, -0.2) is 4.79 Å². The molecule has 2 rings (SSSR count). The Morgan fingerprint density at radius 1 is 1.21 bits per heavy atom. The smallest absolute Gasteiger partial charge is 0.410 e. The lowest BCUT2D eigenvalue weighted by Crippen LogP contribution is -2.52. The number of rotatable bonds is 7. The molecule has 0 unspecified atom stereocenters. The van der Waals surface area contributed by atoms with Crippen LogP contribution in [0.4, 0.5) is 4.79 Å². The van der Waals surface area contributed by atoms with Gasteiger partial charge in [0.15, 0.2) is 0 Å². The van der Waals surface area contributed by atoms with E-state index in [4.69, 9.17) is 10.5 Å². The number of carbonyl (C=O) groups excluding carboxylic acids is 2. The topological polar surface area (TPSA) is 75.9 Å². The molecule has 1 aromatic rings. The summed E-state index contributed by atoms with van der Waals surface area (Å²) in [6.07, 6.45) is 1.63. The zero-order valence-electron chi connectivity index (χ0n) is 17.6. The minimum Gasteiger partial charge on any atom is -0.445 e. The minimum atomic E-state index is -0.462. The number of nitrogens with two attached hydrogens (primary N) is 1. The van der Waals surface area contributed by atoms with Crippen molar-refractivity contribution < 1.29 is 14.3 Å². The lowest BCUT2D eigenvalue weighted by molar-refractivity contribution is -0.135. The Labute approximate surface area is 169 Å². The summed E-state index contributed by atoms with van der Waals surface area (Å²) in [7, 11) is 0. The van der Waals surface area contributed by atoms with Crippen LogP contribution in [0.15, 0.2) is 30.3 Å². The summed E-state index contributed by atoms with van der Waals surface area (Å²) >= 11 is 0. The maximum absolute atomic E-state index is 12.6. The summed E-state index contributed by atoms with van der Waals surface area (Å²) in [5.74, 6) is 0.374. The van der Waals surface area contributed by atoms with Gasteiger partial charge in [-0.15, -0.1) is 0 Å². The number of carbonyl (C=O) groups is 2. The van der Waals surface area contributed by atoms with E-state index >= 15 is 0 Å². The Morgan fingerprint density at radius 2 is 1.89 bits per heavy atom. The van der Waals surface area contributed by atoms with Gasteiger partial charge >= 0.3 is 6.09 Å². The van der Waals surface area contributed by atoms with E-state index < -0.39 is 6.04 Å². The van der Waals surface area contributed by atoms with Crippen molar-refractivity contribution in [2.45, 2.75) is 59.2 Å². The van der Waals surface area contributed by atoms with Crippen molar-refractivity contribution in [1.82, 2.24) is 9.80 Å². The van der Waals surface area contributed by atoms with Gasteiger partial charge in [-0.2, -0.15) is 0 Å². The number of ether oxygens (including phenoxy) is 1. The average Bonchev–Trinajstić information content (AvgIpc) is 2.69. The normalized spacial score (nSPS) is 18.2. The van der Waals surface area contributed by atoms with Gasteiger partial charge in [-0.3, -0.25) is 4.79 Å². The Balaban J connectivity index is 1.93. The Hall–Kier alpha value is -2.08. The molecule has 1 heterocycles. The van der Waals surface area contributed by atoms with E-state index in [0.717, 1.165) is 24.9 Å². The van der Waals surface area contributed by atoms with Gasteiger partial charge in [0.25, 0.3) is 0 Å². The molecular weight excluding hydrogens is 354 g/mol. The molecule has 1 aliphatic rings. The van der Waals surface area contributed by atoms with Gasteiger partial charge in [0, 0.05) is 25.7 Å². The van der Waals surface area contributed by atoms with Crippen molar-refractivity contribution in [1.29, 1.82) is 0 Å². The van der Waals surface area contributed by atoms with Gasteiger partial charge in [0.1, 0.15) is 6.61 Å². The molecule has 28 heavy (non-hydrogen) atoms. The van der Waals surface area contributed by atoms with Crippen LogP contribution < -0.4 is 5.73 Å². The van der Waals surface area contributed by atoms with Crippen LogP contribution in [-0.2, 0) is 16.1 Å². The number of piperidine rings is 1. The third-order valence-electron chi connectivity index (χ3n) is 5.35. The molecule has 1 fully saturated rings. The van der Waals surface area contributed by atoms with Crippen LogP contribution in [0.25, 0.3) is 0 Å². The predicted octanol–water partition coefficient (Wildman–Crippen LogP) is 3.26. The molecule has 2 N–H and O–H groups in total. The fraction of sp³-hybridized carbons (Fsp3) is 0.636. The summed E-state index contributed by atoms with van der Waals surface area (Å²) in [6, 6.07) is 9.25. The summed E-state index contributed by atoms with van der Waals surface area (Å²) in [4.78, 5) is 28.9. The summed E-state index contributed by atoms with van der Waals surface area (Å²) in [5.41, 5.74) is 7.02. The van der Waals surface area contributed by atoms with E-state index in [1.807, 2.05) is 62.9 Å². The van der Waals surface area contributed by atoms with Gasteiger partial charge in [0.05, 0.1) is 6.04 Å². The number of nitrogens with zero attached hydrogens (tertiary/aromatic N) is 2. The van der Waals surface area contributed by atoms with Gasteiger partial charge < -0.3 is 20.3 Å². The zero-order chi connectivity index (χ0) is 20.7. The summed E-state index contributed by atoms with van der Waals surface area (Å²) in [6.45, 7) is 10.2. The van der Waals surface area contributed by atoms with Crippen LogP contribution in [0.5, 0.6) is 0 Å². The maximum Gasteiger partial charge on any atom is 0.410 e. The third kappa shape index (κ3) is 6.23. The van der Waals surface area contributed by atoms with E-state index in [-0.39, 0.29) is 36.5 Å². The Morgan fingerprint density at radius 3 is 2.50 bits per heavy atom. The Kier molecular flexibility index (Phi) is 8.30. The van der Waals surface area contributed by atoms with Gasteiger partial charge in [-0.1, -0.05) is 44.2 Å². The van der Waals surface area contributed by atoms with Crippen LogP contribution in [-0.4, -0.2) is 53.5 Å². The first-order valence-corrected chi connectivity index (χ1v) is 10.3. The first-order chi connectivity index (χ1) is 13.3. The fourth-order valence-corrected chi connectivity index (χ4v) is 3.49. The van der Waals surface area contributed by atoms with Crippen LogP contribution in [0.2, 0.25) is 0 Å². The average molecular weight is 390 g/mol. The second kappa shape index (κ2) is 10.5. The molecule has 1 saturated heterocycles. The fourth-order valence-electron chi connectivity index (χ4n) is 3.49. The van der Waals surface area contributed by atoms with Gasteiger partial charge in [0.2, 0.25) is 5.91 Å². The largest absolute Gasteiger partial charge is 0.445 e. The molecule has 0 saturated carbocycles. The number of amides is 2. The van der Waals surface area contributed by atoms with Crippen LogP contribution in [0, 0.1) is 11.8 Å². The standard InChI is InChI=1S/C22H35N3O3/c1-16(2)20(23)21(26)24-12-8-11-19(13-24)14-25(17(3)4)22(27)28-15-18-9-6-5-7-10-18/h5-7,9-10,16-17,19-20H,8,11-15,23H2,1-4H3/t19-,20+/m1/s1. The quantitative estimate of drug-likeness (QED) is 0.777. The second-order valence-corrected chi connectivity index (χ2v) is 8.35. The van der Waals surface area contributed by atoms with E-state index in [0.29, 0.717) is 13.1 Å². The minimum absolute atomic E-state index is 0.0162. The molecule has 1 aromatic carbocycles. The van der Waals surface area contributed by atoms with Crippen molar-refractivity contribution in [2.24, 2.45) is 17.6 Å². The zero-order valence-corrected chi connectivity index (χ0v) is 17.6. The number of hydrogen-bond acceptors (Lipinski definition) is 4. The molecule has 1 aliphatic heterocycles. The van der Waals surface area contributed by atoms with Crippen molar-refractivity contribution in [3.63, 3.8) is 0 Å². The highest BCUT2D eigenvalue weighted by Crippen LogP contribution is 2.21. The number of likely N-dealkylation sites (tertiary alicyclic amines) is 1. The van der Waals surface area contributed by atoms with E-state index in [9.17, 15) is 9.59 Å². The highest BCUT2D eigenvalue weighted by atomic mass is 16.6. The van der Waals surface area contributed by atoms with Crippen molar-refractivity contribution >= 4 is 12.0 Å². The lowest BCUT2D eigenvalue weighted by atomic mass is 9.95. The van der Waals surface area contributed by atoms with E-state index in [2.05, 4.69) is 0 Å². The van der Waals surface area contributed by atoms with E-state index in [1.54, 1.807) is 4.90 Å². The van der Waals surface area contributed by atoms with Crippen molar-refractivity contribution in [3.05, 3.63) is 35.9 Å².